The Hall–Kier alpha value is -1.85. The van der Waals surface area contributed by atoms with Gasteiger partial charge in [-0.3, -0.25) is 14.4 Å². The van der Waals surface area contributed by atoms with Gasteiger partial charge in [0.2, 0.25) is 0 Å². The maximum atomic E-state index is 12.8. The molecule has 0 aromatic carbocycles. The molecule has 2 aliphatic carbocycles. The number of allylic oxidation sites excluding steroid dienone is 2. The number of fused-ring (bicyclic) bond motifs is 2. The number of ether oxygens (including phenoxy) is 3. The third-order valence-electron chi connectivity index (χ3n) is 4.62. The molecular formula is C19H28O6. The van der Waals surface area contributed by atoms with Crippen LogP contribution < -0.4 is 0 Å². The molecule has 0 aromatic rings. The van der Waals surface area contributed by atoms with Gasteiger partial charge in [0.25, 0.3) is 0 Å². The van der Waals surface area contributed by atoms with Gasteiger partial charge < -0.3 is 14.2 Å². The lowest BCUT2D eigenvalue weighted by Gasteiger charge is -2.43. The molecule has 1 saturated carbocycles. The lowest BCUT2D eigenvalue weighted by atomic mass is 9.60. The molecule has 0 radical (unpaired) electrons. The van der Waals surface area contributed by atoms with Crippen LogP contribution in [0.5, 0.6) is 0 Å². The van der Waals surface area contributed by atoms with Crippen molar-refractivity contribution in [2.75, 3.05) is 13.2 Å². The van der Waals surface area contributed by atoms with Gasteiger partial charge in [0, 0.05) is 12.0 Å². The molecule has 6 heteroatoms. The van der Waals surface area contributed by atoms with Gasteiger partial charge >= 0.3 is 11.9 Å². The van der Waals surface area contributed by atoms with Crippen molar-refractivity contribution in [2.45, 2.75) is 59.5 Å². The molecule has 0 saturated heterocycles. The minimum absolute atomic E-state index is 0.131. The SMILES string of the molecule is CCOC(=O)[C@@]12C[C@H](C(=O)OC(C)(C)C)C[C@@H](C1)C(OCC)=CC2=O. The normalized spacial score (nSPS) is 28.8. The van der Waals surface area contributed by atoms with E-state index in [1.54, 1.807) is 27.7 Å². The van der Waals surface area contributed by atoms with Crippen LogP contribution in [0.25, 0.3) is 0 Å². The fourth-order valence-corrected chi connectivity index (χ4v) is 3.67. The minimum Gasteiger partial charge on any atom is -0.498 e. The van der Waals surface area contributed by atoms with Crippen LogP contribution in [0, 0.1) is 17.3 Å². The summed E-state index contributed by atoms with van der Waals surface area (Å²) in [7, 11) is 0. The number of carbonyl (C=O) groups excluding carboxylic acids is 3. The first-order chi connectivity index (χ1) is 11.6. The van der Waals surface area contributed by atoms with Crippen LogP contribution in [0.3, 0.4) is 0 Å². The van der Waals surface area contributed by atoms with E-state index < -0.39 is 22.9 Å². The van der Waals surface area contributed by atoms with Gasteiger partial charge in [0.15, 0.2) is 5.78 Å². The maximum absolute atomic E-state index is 12.8. The molecule has 2 aliphatic rings. The van der Waals surface area contributed by atoms with E-state index in [4.69, 9.17) is 14.2 Å². The zero-order valence-electron chi connectivity index (χ0n) is 15.7. The average molecular weight is 352 g/mol. The van der Waals surface area contributed by atoms with E-state index in [-0.39, 0.29) is 30.7 Å². The highest BCUT2D eigenvalue weighted by atomic mass is 16.6. The van der Waals surface area contributed by atoms with E-state index in [0.717, 1.165) is 0 Å². The molecule has 0 N–H and O–H groups in total. The molecule has 3 atom stereocenters. The Morgan fingerprint density at radius 2 is 1.88 bits per heavy atom. The standard InChI is InChI=1S/C19H28O6/c1-6-23-14-9-15(20)19(17(22)24-7-2)10-12(14)8-13(11-19)16(21)25-18(3,4)5/h9,12-13H,6-8,10-11H2,1-5H3/t12-,13+,19+/m0/s1. The number of esters is 2. The number of ketones is 1. The van der Waals surface area contributed by atoms with E-state index in [1.165, 1.54) is 6.08 Å². The number of rotatable bonds is 5. The molecule has 2 bridgehead atoms. The summed E-state index contributed by atoms with van der Waals surface area (Å²) in [5, 5.41) is 0. The van der Waals surface area contributed by atoms with Gasteiger partial charge in [-0.1, -0.05) is 0 Å². The molecule has 0 heterocycles. The molecule has 0 spiro atoms. The second-order valence-electron chi connectivity index (χ2n) is 7.72. The molecule has 0 aliphatic heterocycles. The Balaban J connectivity index is 2.35. The zero-order chi connectivity index (χ0) is 18.8. The summed E-state index contributed by atoms with van der Waals surface area (Å²) in [6.45, 7) is 9.56. The van der Waals surface area contributed by atoms with Crippen LogP contribution in [0.1, 0.15) is 53.9 Å². The van der Waals surface area contributed by atoms with Crippen LogP contribution >= 0.6 is 0 Å². The molecule has 2 rings (SSSR count). The van der Waals surface area contributed by atoms with Gasteiger partial charge in [-0.2, -0.15) is 0 Å². The van der Waals surface area contributed by atoms with E-state index in [0.29, 0.717) is 25.2 Å². The summed E-state index contributed by atoms with van der Waals surface area (Å²) in [5.41, 5.74) is -1.93. The first kappa shape index (κ1) is 19.5. The first-order valence-corrected chi connectivity index (χ1v) is 8.92. The van der Waals surface area contributed by atoms with Crippen LogP contribution in [-0.2, 0) is 28.6 Å². The summed E-state index contributed by atoms with van der Waals surface area (Å²) in [4.78, 5) is 38.0. The average Bonchev–Trinajstić information content (AvgIpc) is 2.51. The van der Waals surface area contributed by atoms with Gasteiger partial charge in [-0.05, 0) is 53.9 Å². The van der Waals surface area contributed by atoms with E-state index in [2.05, 4.69) is 0 Å². The van der Waals surface area contributed by atoms with Crippen molar-refractivity contribution in [2.24, 2.45) is 17.3 Å². The summed E-state index contributed by atoms with van der Waals surface area (Å²) in [6, 6.07) is 0. The van der Waals surface area contributed by atoms with Crippen LogP contribution in [-0.4, -0.2) is 36.5 Å². The Kier molecular flexibility index (Phi) is 5.59. The highest BCUT2D eigenvalue weighted by molar-refractivity contribution is 6.10. The minimum atomic E-state index is -1.30. The number of hydrogen-bond donors (Lipinski definition) is 0. The third-order valence-corrected chi connectivity index (χ3v) is 4.62. The lowest BCUT2D eigenvalue weighted by molar-refractivity contribution is -0.171. The quantitative estimate of drug-likeness (QED) is 0.559. The van der Waals surface area contributed by atoms with Gasteiger partial charge in [0.1, 0.15) is 16.8 Å². The number of hydrogen-bond acceptors (Lipinski definition) is 6. The molecule has 0 unspecified atom stereocenters. The fraction of sp³-hybridized carbons (Fsp3) is 0.737. The Morgan fingerprint density at radius 3 is 2.44 bits per heavy atom. The monoisotopic (exact) mass is 352 g/mol. The highest BCUT2D eigenvalue weighted by Crippen LogP contribution is 2.50. The molecule has 140 valence electrons. The highest BCUT2D eigenvalue weighted by Gasteiger charge is 2.57. The zero-order valence-corrected chi connectivity index (χ0v) is 15.7. The smallest absolute Gasteiger partial charge is 0.320 e. The topological polar surface area (TPSA) is 78.9 Å². The van der Waals surface area contributed by atoms with Gasteiger partial charge in [0.05, 0.1) is 19.1 Å². The van der Waals surface area contributed by atoms with Crippen molar-refractivity contribution in [3.05, 3.63) is 11.8 Å². The fourth-order valence-electron chi connectivity index (χ4n) is 3.67. The molecule has 0 amide bonds. The van der Waals surface area contributed by atoms with E-state index in [1.807, 2.05) is 6.92 Å². The molecule has 1 fully saturated rings. The van der Waals surface area contributed by atoms with Crippen molar-refractivity contribution in [3.8, 4) is 0 Å². The Morgan fingerprint density at radius 1 is 1.20 bits per heavy atom. The third kappa shape index (κ3) is 4.05. The van der Waals surface area contributed by atoms with Gasteiger partial charge in [-0.25, -0.2) is 0 Å². The van der Waals surface area contributed by atoms with Crippen molar-refractivity contribution < 1.29 is 28.6 Å². The van der Waals surface area contributed by atoms with Gasteiger partial charge in [-0.15, -0.1) is 0 Å². The Bertz CT molecular complexity index is 585. The van der Waals surface area contributed by atoms with Crippen molar-refractivity contribution in [1.82, 2.24) is 0 Å². The molecule has 0 aromatic heterocycles. The second-order valence-corrected chi connectivity index (χ2v) is 7.72. The lowest BCUT2D eigenvalue weighted by Crippen LogP contribution is -2.51. The predicted octanol–water partition coefficient (Wildman–Crippen LogP) is 2.80. The van der Waals surface area contributed by atoms with Crippen molar-refractivity contribution in [3.63, 3.8) is 0 Å². The summed E-state index contributed by atoms with van der Waals surface area (Å²) in [6.07, 6.45) is 2.39. The van der Waals surface area contributed by atoms with E-state index >= 15 is 0 Å². The summed E-state index contributed by atoms with van der Waals surface area (Å²) >= 11 is 0. The second kappa shape index (κ2) is 7.18. The molecule has 25 heavy (non-hydrogen) atoms. The van der Waals surface area contributed by atoms with Crippen LogP contribution in [0.2, 0.25) is 0 Å². The largest absolute Gasteiger partial charge is 0.498 e. The first-order valence-electron chi connectivity index (χ1n) is 8.92. The van der Waals surface area contributed by atoms with E-state index in [9.17, 15) is 14.4 Å². The summed E-state index contributed by atoms with van der Waals surface area (Å²) in [5.74, 6) is -1.40. The molecular weight excluding hydrogens is 324 g/mol. The van der Waals surface area contributed by atoms with Crippen molar-refractivity contribution in [1.29, 1.82) is 0 Å². The Labute approximate surface area is 148 Å². The molecule has 6 nitrogen and oxygen atoms in total. The number of carbonyl (C=O) groups is 3. The van der Waals surface area contributed by atoms with Crippen LogP contribution in [0.15, 0.2) is 11.8 Å². The summed E-state index contributed by atoms with van der Waals surface area (Å²) < 4.78 is 16.3. The van der Waals surface area contributed by atoms with Crippen molar-refractivity contribution >= 4 is 17.7 Å². The maximum Gasteiger partial charge on any atom is 0.320 e. The van der Waals surface area contributed by atoms with Crippen LogP contribution in [0.4, 0.5) is 0 Å². The predicted molar refractivity (Wildman–Crippen MR) is 90.5 cm³/mol.